The van der Waals surface area contributed by atoms with Crippen LogP contribution in [0, 0.1) is 18.7 Å². The summed E-state index contributed by atoms with van der Waals surface area (Å²) >= 11 is 0. The molecule has 0 saturated carbocycles. The number of rotatable bonds is 6. The van der Waals surface area contributed by atoms with E-state index in [9.17, 15) is 9.18 Å². The van der Waals surface area contributed by atoms with Gasteiger partial charge in [0.25, 0.3) is 0 Å². The number of anilines is 1. The van der Waals surface area contributed by atoms with Crippen LogP contribution >= 0.6 is 0 Å². The van der Waals surface area contributed by atoms with Gasteiger partial charge in [-0.25, -0.2) is 9.18 Å². The molecule has 1 rings (SSSR count). The van der Waals surface area contributed by atoms with Crippen LogP contribution in [0.5, 0.6) is 0 Å². The number of ether oxygens (including phenoxy) is 1. The molecule has 0 bridgehead atoms. The zero-order chi connectivity index (χ0) is 15.3. The van der Waals surface area contributed by atoms with Crippen molar-refractivity contribution in [3.8, 4) is 0 Å². The number of hydrogen-bond acceptors (Lipinski definition) is 3. The van der Waals surface area contributed by atoms with Gasteiger partial charge in [0.2, 0.25) is 0 Å². The van der Waals surface area contributed by atoms with E-state index in [1.165, 1.54) is 19.2 Å². The number of hydrogen-bond donors (Lipinski definition) is 1. The van der Waals surface area contributed by atoms with Crippen LogP contribution in [-0.2, 0) is 9.53 Å². The summed E-state index contributed by atoms with van der Waals surface area (Å²) in [7, 11) is 1.37. The molecule has 1 aromatic rings. The van der Waals surface area contributed by atoms with Gasteiger partial charge in [-0.3, -0.25) is 0 Å². The molecule has 3 nitrogen and oxygen atoms in total. The molecule has 0 aromatic heterocycles. The van der Waals surface area contributed by atoms with Crippen LogP contribution in [0.25, 0.3) is 0 Å². The van der Waals surface area contributed by atoms with Crippen molar-refractivity contribution >= 4 is 11.7 Å². The lowest BCUT2D eigenvalue weighted by Gasteiger charge is -2.30. The van der Waals surface area contributed by atoms with E-state index in [0.717, 1.165) is 12.0 Å². The first-order valence-electron chi connectivity index (χ1n) is 6.90. The van der Waals surface area contributed by atoms with Crippen LogP contribution in [0.4, 0.5) is 10.1 Å². The van der Waals surface area contributed by atoms with Gasteiger partial charge in [0.15, 0.2) is 0 Å². The minimum Gasteiger partial charge on any atom is -0.467 e. The highest BCUT2D eigenvalue weighted by atomic mass is 19.1. The molecule has 0 heterocycles. The van der Waals surface area contributed by atoms with Crippen molar-refractivity contribution in [1.82, 2.24) is 0 Å². The Morgan fingerprint density at radius 2 is 2.05 bits per heavy atom. The van der Waals surface area contributed by atoms with E-state index in [2.05, 4.69) is 19.2 Å². The Bertz CT molecular complexity index is 453. The van der Waals surface area contributed by atoms with Gasteiger partial charge >= 0.3 is 5.97 Å². The molecule has 0 spiro atoms. The van der Waals surface area contributed by atoms with Gasteiger partial charge in [-0.2, -0.15) is 0 Å². The molecular formula is C16H24FNO2. The third-order valence-corrected chi connectivity index (χ3v) is 3.32. The zero-order valence-electron chi connectivity index (χ0n) is 12.9. The highest BCUT2D eigenvalue weighted by Gasteiger charge is 2.34. The maximum absolute atomic E-state index is 13.4. The van der Waals surface area contributed by atoms with Gasteiger partial charge in [-0.1, -0.05) is 13.8 Å². The lowest BCUT2D eigenvalue weighted by molar-refractivity contribution is -0.145. The Balaban J connectivity index is 2.96. The summed E-state index contributed by atoms with van der Waals surface area (Å²) in [4.78, 5) is 12.0. The third kappa shape index (κ3) is 4.51. The second kappa shape index (κ2) is 6.73. The maximum atomic E-state index is 13.4. The number of aryl methyl sites for hydroxylation is 1. The molecular weight excluding hydrogens is 257 g/mol. The van der Waals surface area contributed by atoms with E-state index in [-0.39, 0.29) is 11.8 Å². The summed E-state index contributed by atoms with van der Waals surface area (Å²) in [5, 5.41) is 3.13. The van der Waals surface area contributed by atoms with Crippen LogP contribution in [0.1, 0.15) is 39.2 Å². The first kappa shape index (κ1) is 16.5. The Hall–Kier alpha value is -1.58. The molecule has 0 aliphatic rings. The van der Waals surface area contributed by atoms with Gasteiger partial charge in [0.1, 0.15) is 11.4 Å². The van der Waals surface area contributed by atoms with Crippen LogP contribution in [0.15, 0.2) is 18.2 Å². The molecule has 0 fully saturated rings. The standard InChI is InChI=1S/C16H24FNO2/c1-11(2)6-7-16(4,15(19)20-5)18-14-9-12(3)8-13(17)10-14/h8-11,18H,6-7H2,1-5H3. The number of methoxy groups -OCH3 is 1. The number of carbonyl (C=O) groups is 1. The van der Waals surface area contributed by atoms with Crippen molar-refractivity contribution < 1.29 is 13.9 Å². The summed E-state index contributed by atoms with van der Waals surface area (Å²) in [5.74, 6) is -0.168. The Kier molecular flexibility index (Phi) is 5.54. The predicted molar refractivity (Wildman–Crippen MR) is 79.3 cm³/mol. The van der Waals surface area contributed by atoms with E-state index in [4.69, 9.17) is 4.74 Å². The fourth-order valence-electron chi connectivity index (χ4n) is 2.15. The largest absolute Gasteiger partial charge is 0.467 e. The molecule has 112 valence electrons. The van der Waals surface area contributed by atoms with Crippen molar-refractivity contribution in [2.45, 2.75) is 46.1 Å². The lowest BCUT2D eigenvalue weighted by Crippen LogP contribution is -2.44. The van der Waals surface area contributed by atoms with E-state index in [0.29, 0.717) is 18.0 Å². The normalized spacial score (nSPS) is 13.9. The molecule has 1 N–H and O–H groups in total. The predicted octanol–water partition coefficient (Wildman–Crippen LogP) is 3.91. The molecule has 0 radical (unpaired) electrons. The Morgan fingerprint density at radius 1 is 1.40 bits per heavy atom. The summed E-state index contributed by atoms with van der Waals surface area (Å²) in [5.41, 5.74) is 0.557. The van der Waals surface area contributed by atoms with E-state index in [1.807, 2.05) is 13.0 Å². The molecule has 1 aromatic carbocycles. The van der Waals surface area contributed by atoms with Crippen LogP contribution in [0.2, 0.25) is 0 Å². The fourth-order valence-corrected chi connectivity index (χ4v) is 2.15. The lowest BCUT2D eigenvalue weighted by atomic mass is 9.91. The minimum absolute atomic E-state index is 0.316. The number of halogens is 1. The minimum atomic E-state index is -0.848. The average molecular weight is 281 g/mol. The van der Waals surface area contributed by atoms with Gasteiger partial charge < -0.3 is 10.1 Å². The van der Waals surface area contributed by atoms with Crippen LogP contribution in [0.3, 0.4) is 0 Å². The molecule has 4 heteroatoms. The van der Waals surface area contributed by atoms with E-state index in [1.54, 1.807) is 6.92 Å². The average Bonchev–Trinajstić information content (AvgIpc) is 2.34. The monoisotopic (exact) mass is 281 g/mol. The summed E-state index contributed by atoms with van der Waals surface area (Å²) < 4.78 is 18.3. The molecule has 1 atom stereocenters. The topological polar surface area (TPSA) is 38.3 Å². The first-order valence-corrected chi connectivity index (χ1v) is 6.90. The van der Waals surface area contributed by atoms with Crippen molar-refractivity contribution in [2.24, 2.45) is 5.92 Å². The van der Waals surface area contributed by atoms with Crippen molar-refractivity contribution in [3.63, 3.8) is 0 Å². The molecule has 0 aliphatic carbocycles. The van der Waals surface area contributed by atoms with Crippen LogP contribution in [-0.4, -0.2) is 18.6 Å². The number of nitrogens with one attached hydrogen (secondary N) is 1. The second-order valence-corrected chi connectivity index (χ2v) is 5.90. The highest BCUT2D eigenvalue weighted by molar-refractivity contribution is 5.84. The molecule has 20 heavy (non-hydrogen) atoms. The van der Waals surface area contributed by atoms with Crippen molar-refractivity contribution in [1.29, 1.82) is 0 Å². The SMILES string of the molecule is COC(=O)C(C)(CCC(C)C)Nc1cc(C)cc(F)c1. The summed E-state index contributed by atoms with van der Waals surface area (Å²) in [6.45, 7) is 7.81. The zero-order valence-corrected chi connectivity index (χ0v) is 12.9. The van der Waals surface area contributed by atoms with Gasteiger partial charge in [-0.15, -0.1) is 0 Å². The molecule has 0 saturated heterocycles. The van der Waals surface area contributed by atoms with E-state index >= 15 is 0 Å². The van der Waals surface area contributed by atoms with Crippen molar-refractivity contribution in [2.75, 3.05) is 12.4 Å². The highest BCUT2D eigenvalue weighted by Crippen LogP contribution is 2.25. The molecule has 1 unspecified atom stereocenters. The van der Waals surface area contributed by atoms with Gasteiger partial charge in [0.05, 0.1) is 7.11 Å². The van der Waals surface area contributed by atoms with Crippen molar-refractivity contribution in [3.05, 3.63) is 29.6 Å². The third-order valence-electron chi connectivity index (χ3n) is 3.32. The van der Waals surface area contributed by atoms with E-state index < -0.39 is 5.54 Å². The fraction of sp³-hybridized carbons (Fsp3) is 0.562. The molecule has 0 amide bonds. The number of carbonyl (C=O) groups excluding carboxylic acids is 1. The second-order valence-electron chi connectivity index (χ2n) is 5.90. The maximum Gasteiger partial charge on any atom is 0.331 e. The summed E-state index contributed by atoms with van der Waals surface area (Å²) in [6, 6.07) is 4.66. The van der Waals surface area contributed by atoms with Gasteiger partial charge in [0, 0.05) is 5.69 Å². The first-order chi connectivity index (χ1) is 9.26. The summed E-state index contributed by atoms with van der Waals surface area (Å²) in [6.07, 6.45) is 1.51. The van der Waals surface area contributed by atoms with Gasteiger partial charge in [-0.05, 0) is 56.4 Å². The number of esters is 1. The van der Waals surface area contributed by atoms with Crippen LogP contribution < -0.4 is 5.32 Å². The molecule has 0 aliphatic heterocycles. The quantitative estimate of drug-likeness (QED) is 0.803. The Morgan fingerprint density at radius 3 is 2.55 bits per heavy atom. The Labute approximate surface area is 120 Å². The smallest absolute Gasteiger partial charge is 0.331 e. The number of benzene rings is 1.